The molecule has 0 saturated carbocycles. The fraction of sp³-hybridized carbons (Fsp3) is 0.0833. The van der Waals surface area contributed by atoms with E-state index in [2.05, 4.69) is 56.5 Å². The number of aromatic nitrogens is 1. The lowest BCUT2D eigenvalue weighted by Gasteiger charge is -2.07. The second-order valence-corrected chi connectivity index (χ2v) is 7.91. The predicted octanol–water partition coefficient (Wildman–Crippen LogP) is 5.83. The van der Waals surface area contributed by atoms with Crippen molar-refractivity contribution in [2.24, 2.45) is 4.99 Å². The molecule has 1 heterocycles. The van der Waals surface area contributed by atoms with Crippen molar-refractivity contribution in [2.75, 3.05) is 7.11 Å². The van der Waals surface area contributed by atoms with Crippen molar-refractivity contribution in [3.8, 4) is 0 Å². The SMILES string of the molecule is COC(=O)c1cccc(Cn2cc(C=Nc3cccc(I)c3)c3ccccc32)c1. The van der Waals surface area contributed by atoms with Crippen molar-refractivity contribution in [2.45, 2.75) is 6.54 Å². The summed E-state index contributed by atoms with van der Waals surface area (Å²) in [6, 6.07) is 23.9. The smallest absolute Gasteiger partial charge is 0.337 e. The summed E-state index contributed by atoms with van der Waals surface area (Å²) in [6.07, 6.45) is 4.02. The molecule has 0 atom stereocenters. The lowest BCUT2D eigenvalue weighted by molar-refractivity contribution is 0.0600. The quantitative estimate of drug-likeness (QED) is 0.199. The normalized spacial score (nSPS) is 11.2. The van der Waals surface area contributed by atoms with Crippen LogP contribution >= 0.6 is 22.6 Å². The van der Waals surface area contributed by atoms with Crippen LogP contribution in [0.4, 0.5) is 5.69 Å². The average molecular weight is 494 g/mol. The first-order valence-corrected chi connectivity index (χ1v) is 10.3. The summed E-state index contributed by atoms with van der Waals surface area (Å²) in [5, 5.41) is 1.14. The predicted molar refractivity (Wildman–Crippen MR) is 125 cm³/mol. The van der Waals surface area contributed by atoms with Crippen LogP contribution in [-0.4, -0.2) is 23.9 Å². The van der Waals surface area contributed by atoms with Crippen LogP contribution in [0, 0.1) is 3.57 Å². The molecule has 144 valence electrons. The van der Waals surface area contributed by atoms with Crippen LogP contribution in [0.3, 0.4) is 0 Å². The van der Waals surface area contributed by atoms with E-state index in [9.17, 15) is 4.79 Å². The molecule has 0 aliphatic rings. The molecule has 4 aromatic rings. The number of hydrogen-bond donors (Lipinski definition) is 0. The molecular weight excluding hydrogens is 475 g/mol. The number of carbonyl (C=O) groups excluding carboxylic acids is 1. The number of aliphatic imine (C=N–C) groups is 1. The van der Waals surface area contributed by atoms with E-state index in [1.807, 2.05) is 54.7 Å². The molecule has 29 heavy (non-hydrogen) atoms. The van der Waals surface area contributed by atoms with E-state index in [1.165, 1.54) is 7.11 Å². The molecule has 3 aromatic carbocycles. The number of methoxy groups -OCH3 is 1. The maximum atomic E-state index is 11.8. The van der Waals surface area contributed by atoms with Gasteiger partial charge in [-0.25, -0.2) is 4.79 Å². The van der Waals surface area contributed by atoms with Crippen molar-refractivity contribution in [3.63, 3.8) is 0 Å². The topological polar surface area (TPSA) is 43.6 Å². The van der Waals surface area contributed by atoms with Crippen molar-refractivity contribution in [1.82, 2.24) is 4.57 Å². The Labute approximate surface area is 183 Å². The monoisotopic (exact) mass is 494 g/mol. The number of fused-ring (bicyclic) bond motifs is 1. The summed E-state index contributed by atoms with van der Waals surface area (Å²) >= 11 is 2.29. The van der Waals surface area contributed by atoms with Gasteiger partial charge in [-0.2, -0.15) is 0 Å². The number of esters is 1. The molecule has 4 rings (SSSR count). The van der Waals surface area contributed by atoms with Gasteiger partial charge in [0.25, 0.3) is 0 Å². The van der Waals surface area contributed by atoms with Crippen molar-refractivity contribution >= 4 is 51.4 Å². The number of nitrogens with zero attached hydrogens (tertiary/aromatic N) is 2. The molecule has 0 N–H and O–H groups in total. The van der Waals surface area contributed by atoms with Gasteiger partial charge in [-0.1, -0.05) is 36.4 Å². The van der Waals surface area contributed by atoms with Crippen LogP contribution in [0.1, 0.15) is 21.5 Å². The molecular formula is C24H19IN2O2. The highest BCUT2D eigenvalue weighted by molar-refractivity contribution is 14.1. The van der Waals surface area contributed by atoms with E-state index in [4.69, 9.17) is 4.74 Å². The number of benzene rings is 3. The molecule has 5 heteroatoms. The Morgan fingerprint density at radius 3 is 2.72 bits per heavy atom. The van der Waals surface area contributed by atoms with Crippen LogP contribution in [0.25, 0.3) is 10.9 Å². The van der Waals surface area contributed by atoms with Crippen LogP contribution in [0.2, 0.25) is 0 Å². The molecule has 0 fully saturated rings. The van der Waals surface area contributed by atoms with E-state index < -0.39 is 0 Å². The second kappa shape index (κ2) is 8.61. The largest absolute Gasteiger partial charge is 0.465 e. The van der Waals surface area contributed by atoms with Gasteiger partial charge in [-0.05, 0) is 64.6 Å². The van der Waals surface area contributed by atoms with Gasteiger partial charge in [0.1, 0.15) is 0 Å². The van der Waals surface area contributed by atoms with Crippen LogP contribution < -0.4 is 0 Å². The summed E-state index contributed by atoms with van der Waals surface area (Å²) in [4.78, 5) is 16.5. The van der Waals surface area contributed by atoms with E-state index in [1.54, 1.807) is 6.07 Å². The van der Waals surface area contributed by atoms with Gasteiger partial charge >= 0.3 is 5.97 Å². The summed E-state index contributed by atoms with van der Waals surface area (Å²) in [6.45, 7) is 0.655. The van der Waals surface area contributed by atoms with Crippen LogP contribution in [0.5, 0.6) is 0 Å². The highest BCUT2D eigenvalue weighted by Crippen LogP contribution is 2.23. The lowest BCUT2D eigenvalue weighted by Crippen LogP contribution is -2.03. The van der Waals surface area contributed by atoms with Crippen LogP contribution in [-0.2, 0) is 11.3 Å². The summed E-state index contributed by atoms with van der Waals surface area (Å²) in [5.74, 6) is -0.325. The fourth-order valence-electron chi connectivity index (χ4n) is 3.32. The first kappa shape index (κ1) is 19.4. The zero-order valence-corrected chi connectivity index (χ0v) is 18.0. The summed E-state index contributed by atoms with van der Waals surface area (Å²) in [5.41, 5.74) is 4.71. The number of rotatable bonds is 5. The minimum absolute atomic E-state index is 0.325. The van der Waals surface area contributed by atoms with Gasteiger partial charge in [0, 0.05) is 39.0 Å². The van der Waals surface area contributed by atoms with Gasteiger partial charge in [0.05, 0.1) is 18.4 Å². The highest BCUT2D eigenvalue weighted by atomic mass is 127. The Balaban J connectivity index is 1.69. The zero-order valence-electron chi connectivity index (χ0n) is 15.9. The number of ether oxygens (including phenoxy) is 1. The van der Waals surface area contributed by atoms with Crippen molar-refractivity contribution < 1.29 is 9.53 Å². The zero-order chi connectivity index (χ0) is 20.2. The Bertz CT molecular complexity index is 1210. The van der Waals surface area contributed by atoms with Gasteiger partial charge in [0.2, 0.25) is 0 Å². The number of halogens is 1. The molecule has 0 aliphatic carbocycles. The van der Waals surface area contributed by atoms with E-state index in [0.29, 0.717) is 12.1 Å². The molecule has 0 amide bonds. The third-order valence-corrected chi connectivity index (χ3v) is 5.35. The Morgan fingerprint density at radius 2 is 1.90 bits per heavy atom. The van der Waals surface area contributed by atoms with E-state index in [-0.39, 0.29) is 5.97 Å². The Hall–Kier alpha value is -2.93. The molecule has 0 bridgehead atoms. The molecule has 0 spiro atoms. The first-order valence-electron chi connectivity index (χ1n) is 9.19. The van der Waals surface area contributed by atoms with Crippen molar-refractivity contribution in [1.29, 1.82) is 0 Å². The maximum Gasteiger partial charge on any atom is 0.337 e. The standard InChI is InChI=1S/C24H19IN2O2/c1-29-24(28)18-7-4-6-17(12-18)15-27-16-19(22-10-2-3-11-23(22)27)14-26-21-9-5-8-20(25)13-21/h2-14,16H,15H2,1H3. The third-order valence-electron chi connectivity index (χ3n) is 4.68. The third kappa shape index (κ3) is 4.40. The summed E-state index contributed by atoms with van der Waals surface area (Å²) in [7, 11) is 1.40. The minimum Gasteiger partial charge on any atom is -0.465 e. The highest BCUT2D eigenvalue weighted by Gasteiger charge is 2.09. The fourth-order valence-corrected chi connectivity index (χ4v) is 3.85. The van der Waals surface area contributed by atoms with Gasteiger partial charge in [-0.3, -0.25) is 4.99 Å². The number of hydrogen-bond acceptors (Lipinski definition) is 3. The molecule has 0 unspecified atom stereocenters. The molecule has 0 aliphatic heterocycles. The lowest BCUT2D eigenvalue weighted by atomic mass is 10.1. The first-order chi connectivity index (χ1) is 14.1. The molecule has 4 nitrogen and oxygen atoms in total. The van der Waals surface area contributed by atoms with Gasteiger partial charge < -0.3 is 9.30 Å². The maximum absolute atomic E-state index is 11.8. The summed E-state index contributed by atoms with van der Waals surface area (Å²) < 4.78 is 8.17. The Morgan fingerprint density at radius 1 is 1.07 bits per heavy atom. The van der Waals surface area contributed by atoms with E-state index >= 15 is 0 Å². The van der Waals surface area contributed by atoms with Crippen molar-refractivity contribution in [3.05, 3.63) is 99.3 Å². The number of carbonyl (C=O) groups is 1. The molecule has 1 aromatic heterocycles. The molecule has 0 saturated heterocycles. The van der Waals surface area contributed by atoms with Gasteiger partial charge in [-0.15, -0.1) is 0 Å². The Kier molecular flexibility index (Phi) is 5.76. The average Bonchev–Trinajstić information content (AvgIpc) is 3.09. The van der Waals surface area contributed by atoms with E-state index in [0.717, 1.165) is 31.3 Å². The minimum atomic E-state index is -0.325. The number of para-hydroxylation sites is 1. The van der Waals surface area contributed by atoms with Gasteiger partial charge in [0.15, 0.2) is 0 Å². The molecule has 0 radical (unpaired) electrons. The second-order valence-electron chi connectivity index (χ2n) is 6.66. The van der Waals surface area contributed by atoms with Crippen LogP contribution in [0.15, 0.2) is 84.0 Å².